The van der Waals surface area contributed by atoms with Crippen molar-refractivity contribution in [2.24, 2.45) is 0 Å². The Bertz CT molecular complexity index is 892. The highest BCUT2D eigenvalue weighted by atomic mass is 35.5. The maximum Gasteiger partial charge on any atom is 0.405 e. The molecule has 7 nitrogen and oxygen atoms in total. The Morgan fingerprint density at radius 3 is 2.38 bits per heavy atom. The number of nitrogens with zero attached hydrogens (tertiary/aromatic N) is 1. The number of rotatable bonds is 7. The molecule has 29 heavy (non-hydrogen) atoms. The van der Waals surface area contributed by atoms with Crippen LogP contribution in [-0.4, -0.2) is 39.5 Å². The summed E-state index contributed by atoms with van der Waals surface area (Å²) in [7, 11) is 0. The zero-order valence-electron chi connectivity index (χ0n) is 16.5. The van der Waals surface area contributed by atoms with Crippen molar-refractivity contribution in [1.29, 1.82) is 0 Å². The number of carbonyl (C=O) groups excluding carboxylic acids is 2. The molecule has 2 amide bonds. The van der Waals surface area contributed by atoms with Crippen LogP contribution < -0.4 is 10.6 Å². The van der Waals surface area contributed by atoms with Gasteiger partial charge in [-0.25, -0.2) is 4.79 Å². The van der Waals surface area contributed by atoms with Crippen LogP contribution in [0.25, 0.3) is 0 Å². The molecule has 1 unspecified atom stereocenters. The molecule has 154 valence electrons. The largest absolute Gasteiger partial charge is 0.465 e. The number of ketones is 1. The summed E-state index contributed by atoms with van der Waals surface area (Å²) in [4.78, 5) is 40.8. The first-order valence-corrected chi connectivity index (χ1v) is 9.46. The molecule has 1 aromatic carbocycles. The number of halogens is 1. The van der Waals surface area contributed by atoms with E-state index in [1.54, 1.807) is 36.4 Å². The third-order valence-corrected chi connectivity index (χ3v) is 4.26. The molecule has 1 atom stereocenters. The summed E-state index contributed by atoms with van der Waals surface area (Å²) in [6.45, 7) is 5.56. The standard InChI is InChI=1S/C21H24ClN3O4/c1-21(2,3)25-19(27)15-5-4-10-23-16(15)12-18(26)17(24-20(28)29)11-13-6-8-14(22)9-7-13/h4-10,17,24H,11-12H2,1-3H3,(H,25,27)(H,28,29). The van der Waals surface area contributed by atoms with Crippen molar-refractivity contribution in [3.63, 3.8) is 0 Å². The van der Waals surface area contributed by atoms with Gasteiger partial charge in [0.1, 0.15) is 0 Å². The predicted octanol–water partition coefficient (Wildman–Crippen LogP) is 3.25. The Morgan fingerprint density at radius 1 is 1.14 bits per heavy atom. The molecule has 1 heterocycles. The first-order chi connectivity index (χ1) is 13.5. The molecule has 0 saturated carbocycles. The molecule has 2 aromatic rings. The first kappa shape index (κ1) is 22.4. The average molecular weight is 418 g/mol. The molecular formula is C21H24ClN3O4. The predicted molar refractivity (Wildman–Crippen MR) is 110 cm³/mol. The molecule has 3 N–H and O–H groups in total. The number of hydrogen-bond acceptors (Lipinski definition) is 4. The number of carbonyl (C=O) groups is 3. The van der Waals surface area contributed by atoms with Crippen LogP contribution in [0.4, 0.5) is 4.79 Å². The lowest BCUT2D eigenvalue weighted by Crippen LogP contribution is -2.43. The fourth-order valence-electron chi connectivity index (χ4n) is 2.73. The maximum absolute atomic E-state index is 12.9. The van der Waals surface area contributed by atoms with Crippen molar-refractivity contribution in [2.45, 2.75) is 45.2 Å². The van der Waals surface area contributed by atoms with Crippen molar-refractivity contribution in [2.75, 3.05) is 0 Å². The fourth-order valence-corrected chi connectivity index (χ4v) is 2.86. The molecule has 0 saturated heterocycles. The molecule has 0 bridgehead atoms. The molecule has 0 spiro atoms. The summed E-state index contributed by atoms with van der Waals surface area (Å²) < 4.78 is 0. The third-order valence-electron chi connectivity index (χ3n) is 4.00. The quantitative estimate of drug-likeness (QED) is 0.640. The number of amides is 2. The van der Waals surface area contributed by atoms with E-state index in [4.69, 9.17) is 16.7 Å². The van der Waals surface area contributed by atoms with Gasteiger partial charge in [-0.05, 0) is 57.0 Å². The van der Waals surface area contributed by atoms with Gasteiger partial charge in [0.25, 0.3) is 5.91 Å². The third kappa shape index (κ3) is 7.19. The van der Waals surface area contributed by atoms with Crippen molar-refractivity contribution >= 4 is 29.4 Å². The van der Waals surface area contributed by atoms with Crippen molar-refractivity contribution in [1.82, 2.24) is 15.6 Å². The smallest absolute Gasteiger partial charge is 0.405 e. The Balaban J connectivity index is 2.21. The summed E-state index contributed by atoms with van der Waals surface area (Å²) in [5.74, 6) is -0.722. The zero-order chi connectivity index (χ0) is 21.6. The van der Waals surface area contributed by atoms with E-state index in [-0.39, 0.29) is 30.1 Å². The molecule has 2 rings (SSSR count). The molecule has 0 aliphatic rings. The lowest BCUT2D eigenvalue weighted by Gasteiger charge is -2.21. The minimum absolute atomic E-state index is 0.165. The van der Waals surface area contributed by atoms with Crippen LogP contribution in [0.2, 0.25) is 5.02 Å². The number of pyridine rings is 1. The molecule has 8 heteroatoms. The molecular weight excluding hydrogens is 394 g/mol. The van der Waals surface area contributed by atoms with E-state index in [2.05, 4.69) is 15.6 Å². The van der Waals surface area contributed by atoms with Gasteiger partial charge in [0.05, 0.1) is 23.7 Å². The van der Waals surface area contributed by atoms with Crippen LogP contribution >= 0.6 is 11.6 Å². The monoisotopic (exact) mass is 417 g/mol. The topological polar surface area (TPSA) is 108 Å². The van der Waals surface area contributed by atoms with E-state index < -0.39 is 17.7 Å². The SMILES string of the molecule is CC(C)(C)NC(=O)c1cccnc1CC(=O)C(Cc1ccc(Cl)cc1)NC(=O)O. The summed E-state index contributed by atoms with van der Waals surface area (Å²) in [5.41, 5.74) is 0.896. The van der Waals surface area contributed by atoms with Crippen LogP contribution in [0.15, 0.2) is 42.6 Å². The van der Waals surface area contributed by atoms with Crippen LogP contribution in [0.5, 0.6) is 0 Å². The molecule has 1 aromatic heterocycles. The average Bonchev–Trinajstić information content (AvgIpc) is 2.61. The molecule has 0 radical (unpaired) electrons. The van der Waals surface area contributed by atoms with E-state index >= 15 is 0 Å². The summed E-state index contributed by atoms with van der Waals surface area (Å²) >= 11 is 5.87. The van der Waals surface area contributed by atoms with E-state index in [1.165, 1.54) is 6.20 Å². The Hall–Kier alpha value is -2.93. The van der Waals surface area contributed by atoms with Gasteiger partial charge in [-0.1, -0.05) is 23.7 Å². The number of Topliss-reactive ketones (excluding diaryl/α,β-unsaturated/α-hetero) is 1. The first-order valence-electron chi connectivity index (χ1n) is 9.08. The van der Waals surface area contributed by atoms with Gasteiger partial charge in [0.2, 0.25) is 0 Å². The van der Waals surface area contributed by atoms with Crippen LogP contribution in [0.1, 0.15) is 42.4 Å². The molecule has 0 aliphatic heterocycles. The van der Waals surface area contributed by atoms with Gasteiger partial charge < -0.3 is 15.7 Å². The van der Waals surface area contributed by atoms with Crippen LogP contribution in [0, 0.1) is 0 Å². The fraction of sp³-hybridized carbons (Fsp3) is 0.333. The second kappa shape index (κ2) is 9.52. The van der Waals surface area contributed by atoms with E-state index in [1.807, 2.05) is 20.8 Å². The maximum atomic E-state index is 12.9. The number of hydrogen-bond donors (Lipinski definition) is 3. The molecule has 0 aliphatic carbocycles. The Labute approximate surface area is 174 Å². The summed E-state index contributed by atoms with van der Waals surface area (Å²) in [5, 5.41) is 14.8. The Kier molecular flexibility index (Phi) is 7.34. The highest BCUT2D eigenvalue weighted by molar-refractivity contribution is 6.30. The highest BCUT2D eigenvalue weighted by Crippen LogP contribution is 2.14. The lowest BCUT2D eigenvalue weighted by atomic mass is 9.97. The summed E-state index contributed by atoms with van der Waals surface area (Å²) in [6, 6.07) is 9.04. The number of carboxylic acid groups (broad SMARTS) is 1. The van der Waals surface area contributed by atoms with Gasteiger partial charge in [0.15, 0.2) is 5.78 Å². The van der Waals surface area contributed by atoms with Crippen LogP contribution in [0.3, 0.4) is 0 Å². The van der Waals surface area contributed by atoms with Crippen molar-refractivity contribution in [3.8, 4) is 0 Å². The van der Waals surface area contributed by atoms with Crippen molar-refractivity contribution in [3.05, 3.63) is 64.4 Å². The number of aromatic nitrogens is 1. The van der Waals surface area contributed by atoms with Crippen LogP contribution in [-0.2, 0) is 17.6 Å². The number of benzene rings is 1. The Morgan fingerprint density at radius 2 is 1.79 bits per heavy atom. The van der Waals surface area contributed by atoms with Crippen molar-refractivity contribution < 1.29 is 19.5 Å². The lowest BCUT2D eigenvalue weighted by molar-refractivity contribution is -0.120. The van der Waals surface area contributed by atoms with Gasteiger partial charge in [-0.3, -0.25) is 14.6 Å². The minimum atomic E-state index is -1.30. The van der Waals surface area contributed by atoms with Gasteiger partial charge >= 0.3 is 6.09 Å². The highest BCUT2D eigenvalue weighted by Gasteiger charge is 2.25. The molecule has 0 fully saturated rings. The van der Waals surface area contributed by atoms with E-state index in [0.717, 1.165) is 5.56 Å². The number of nitrogens with one attached hydrogen (secondary N) is 2. The van der Waals surface area contributed by atoms with E-state index in [0.29, 0.717) is 10.7 Å². The normalized spacial score (nSPS) is 12.1. The van der Waals surface area contributed by atoms with Gasteiger partial charge in [-0.15, -0.1) is 0 Å². The minimum Gasteiger partial charge on any atom is -0.465 e. The zero-order valence-corrected chi connectivity index (χ0v) is 17.3. The van der Waals surface area contributed by atoms with Gasteiger partial charge in [-0.2, -0.15) is 0 Å². The van der Waals surface area contributed by atoms with E-state index in [9.17, 15) is 14.4 Å². The second-order valence-electron chi connectivity index (χ2n) is 7.68. The summed E-state index contributed by atoms with van der Waals surface area (Å²) in [6.07, 6.45) is 0.185. The van der Waals surface area contributed by atoms with Gasteiger partial charge in [0, 0.05) is 16.8 Å². The second-order valence-corrected chi connectivity index (χ2v) is 8.11.